The highest BCUT2D eigenvalue weighted by Gasteiger charge is 2.15. The SMILES string of the molecule is COc1ccccc1-c1nc(C(=O)O)cn1C. The third-order valence-electron chi connectivity index (χ3n) is 2.44. The van der Waals surface area contributed by atoms with E-state index in [9.17, 15) is 4.79 Å². The molecule has 1 N–H and O–H groups in total. The van der Waals surface area contributed by atoms with Crippen molar-refractivity contribution in [1.82, 2.24) is 9.55 Å². The van der Waals surface area contributed by atoms with Crippen LogP contribution < -0.4 is 4.74 Å². The second-order valence-electron chi connectivity index (χ2n) is 3.57. The summed E-state index contributed by atoms with van der Waals surface area (Å²) in [7, 11) is 3.32. The smallest absolute Gasteiger partial charge is 0.356 e. The first kappa shape index (κ1) is 11.2. The topological polar surface area (TPSA) is 64.3 Å². The Morgan fingerprint density at radius 2 is 2.12 bits per heavy atom. The minimum Gasteiger partial charge on any atom is -0.496 e. The van der Waals surface area contributed by atoms with Crippen molar-refractivity contribution in [1.29, 1.82) is 0 Å². The Bertz CT molecular complexity index is 561. The Morgan fingerprint density at radius 3 is 2.71 bits per heavy atom. The maximum Gasteiger partial charge on any atom is 0.356 e. The average molecular weight is 232 g/mol. The number of hydrogen-bond acceptors (Lipinski definition) is 3. The first-order valence-electron chi connectivity index (χ1n) is 5.03. The largest absolute Gasteiger partial charge is 0.496 e. The number of rotatable bonds is 3. The van der Waals surface area contributed by atoms with Gasteiger partial charge in [0, 0.05) is 13.2 Å². The second-order valence-corrected chi connectivity index (χ2v) is 3.57. The molecule has 0 radical (unpaired) electrons. The van der Waals surface area contributed by atoms with Gasteiger partial charge < -0.3 is 14.4 Å². The van der Waals surface area contributed by atoms with Gasteiger partial charge in [-0.15, -0.1) is 0 Å². The maximum absolute atomic E-state index is 10.8. The Morgan fingerprint density at radius 1 is 1.41 bits per heavy atom. The zero-order valence-electron chi connectivity index (χ0n) is 9.54. The fourth-order valence-corrected chi connectivity index (χ4v) is 1.65. The van der Waals surface area contributed by atoms with Gasteiger partial charge in [-0.2, -0.15) is 0 Å². The summed E-state index contributed by atoms with van der Waals surface area (Å²) >= 11 is 0. The van der Waals surface area contributed by atoms with Crippen LogP contribution in [0.15, 0.2) is 30.5 Å². The number of aromatic nitrogens is 2. The summed E-state index contributed by atoms with van der Waals surface area (Å²) in [5, 5.41) is 8.89. The summed E-state index contributed by atoms with van der Waals surface area (Å²) in [4.78, 5) is 14.9. The number of para-hydroxylation sites is 1. The summed E-state index contributed by atoms with van der Waals surface area (Å²) in [6.45, 7) is 0. The number of aromatic carboxylic acids is 1. The van der Waals surface area contributed by atoms with Crippen molar-refractivity contribution < 1.29 is 14.6 Å². The molecule has 1 aromatic carbocycles. The minimum atomic E-state index is -1.04. The van der Waals surface area contributed by atoms with Crippen LogP contribution in [0.1, 0.15) is 10.5 Å². The van der Waals surface area contributed by atoms with Gasteiger partial charge >= 0.3 is 5.97 Å². The van der Waals surface area contributed by atoms with Crippen LogP contribution in [-0.4, -0.2) is 27.7 Å². The summed E-state index contributed by atoms with van der Waals surface area (Å²) in [6, 6.07) is 7.35. The van der Waals surface area contributed by atoms with Crippen molar-refractivity contribution in [2.75, 3.05) is 7.11 Å². The molecule has 2 aromatic rings. The third kappa shape index (κ3) is 1.99. The van der Waals surface area contributed by atoms with Gasteiger partial charge in [-0.05, 0) is 12.1 Å². The van der Waals surface area contributed by atoms with E-state index in [1.807, 2.05) is 24.3 Å². The molecule has 5 nitrogen and oxygen atoms in total. The normalized spacial score (nSPS) is 10.2. The molecule has 1 heterocycles. The van der Waals surface area contributed by atoms with E-state index < -0.39 is 5.97 Å². The molecule has 2 rings (SSSR count). The molecule has 0 aliphatic carbocycles. The van der Waals surface area contributed by atoms with E-state index in [0.717, 1.165) is 5.56 Å². The van der Waals surface area contributed by atoms with Crippen LogP contribution in [0.5, 0.6) is 5.75 Å². The van der Waals surface area contributed by atoms with E-state index in [-0.39, 0.29) is 5.69 Å². The molecular formula is C12H12N2O3. The van der Waals surface area contributed by atoms with E-state index in [1.54, 1.807) is 18.7 Å². The van der Waals surface area contributed by atoms with Crippen molar-refractivity contribution in [3.63, 3.8) is 0 Å². The van der Waals surface area contributed by atoms with E-state index in [1.165, 1.54) is 6.20 Å². The number of hydrogen-bond donors (Lipinski definition) is 1. The molecule has 88 valence electrons. The van der Waals surface area contributed by atoms with Gasteiger partial charge in [-0.3, -0.25) is 0 Å². The molecule has 0 atom stereocenters. The van der Waals surface area contributed by atoms with Gasteiger partial charge in [0.15, 0.2) is 5.69 Å². The van der Waals surface area contributed by atoms with E-state index in [2.05, 4.69) is 4.98 Å². The number of nitrogens with zero attached hydrogens (tertiary/aromatic N) is 2. The summed E-state index contributed by atoms with van der Waals surface area (Å²) in [6.07, 6.45) is 1.48. The van der Waals surface area contributed by atoms with Crippen LogP contribution in [-0.2, 0) is 7.05 Å². The van der Waals surface area contributed by atoms with Crippen molar-refractivity contribution >= 4 is 5.97 Å². The molecule has 0 amide bonds. The number of aryl methyl sites for hydroxylation is 1. The van der Waals surface area contributed by atoms with Gasteiger partial charge in [0.1, 0.15) is 11.6 Å². The summed E-state index contributed by atoms with van der Waals surface area (Å²) in [5.74, 6) is 0.194. The van der Waals surface area contributed by atoms with Crippen LogP contribution in [0.2, 0.25) is 0 Å². The highest BCUT2D eigenvalue weighted by atomic mass is 16.5. The average Bonchev–Trinajstić information content (AvgIpc) is 2.71. The van der Waals surface area contributed by atoms with Crippen LogP contribution in [0.4, 0.5) is 0 Å². The summed E-state index contributed by atoms with van der Waals surface area (Å²) < 4.78 is 6.89. The first-order valence-corrected chi connectivity index (χ1v) is 5.03. The number of methoxy groups -OCH3 is 1. The first-order chi connectivity index (χ1) is 8.13. The molecule has 0 saturated carbocycles. The monoisotopic (exact) mass is 232 g/mol. The van der Waals surface area contributed by atoms with Crippen molar-refractivity contribution in [2.24, 2.45) is 7.05 Å². The number of carboxylic acids is 1. The van der Waals surface area contributed by atoms with Crippen LogP contribution >= 0.6 is 0 Å². The van der Waals surface area contributed by atoms with Crippen LogP contribution in [0.3, 0.4) is 0 Å². The molecule has 0 bridgehead atoms. The van der Waals surface area contributed by atoms with Crippen molar-refractivity contribution in [2.45, 2.75) is 0 Å². The van der Waals surface area contributed by atoms with E-state index in [0.29, 0.717) is 11.6 Å². The molecule has 0 fully saturated rings. The van der Waals surface area contributed by atoms with Gasteiger partial charge in [-0.25, -0.2) is 9.78 Å². The molecule has 0 saturated heterocycles. The van der Waals surface area contributed by atoms with Crippen LogP contribution in [0, 0.1) is 0 Å². The number of benzene rings is 1. The highest BCUT2D eigenvalue weighted by molar-refractivity contribution is 5.86. The zero-order chi connectivity index (χ0) is 12.4. The molecule has 0 aliphatic rings. The predicted octanol–water partition coefficient (Wildman–Crippen LogP) is 1.79. The lowest BCUT2D eigenvalue weighted by Gasteiger charge is -2.07. The van der Waals surface area contributed by atoms with Gasteiger partial charge in [0.05, 0.1) is 12.7 Å². The lowest BCUT2D eigenvalue weighted by molar-refractivity contribution is 0.0691. The lowest BCUT2D eigenvalue weighted by atomic mass is 10.2. The Labute approximate surface area is 98.3 Å². The number of carboxylic acid groups (broad SMARTS) is 1. The van der Waals surface area contributed by atoms with E-state index in [4.69, 9.17) is 9.84 Å². The fraction of sp³-hybridized carbons (Fsp3) is 0.167. The highest BCUT2D eigenvalue weighted by Crippen LogP contribution is 2.28. The fourth-order valence-electron chi connectivity index (χ4n) is 1.65. The lowest BCUT2D eigenvalue weighted by Crippen LogP contribution is -1.96. The Hall–Kier alpha value is -2.30. The molecule has 5 heteroatoms. The molecule has 0 unspecified atom stereocenters. The molecular weight excluding hydrogens is 220 g/mol. The zero-order valence-corrected chi connectivity index (χ0v) is 9.54. The van der Waals surface area contributed by atoms with Gasteiger partial charge in [-0.1, -0.05) is 12.1 Å². The van der Waals surface area contributed by atoms with E-state index >= 15 is 0 Å². The Kier molecular flexibility index (Phi) is 2.82. The molecule has 17 heavy (non-hydrogen) atoms. The Balaban J connectivity index is 2.56. The number of ether oxygens (including phenoxy) is 1. The number of imidazole rings is 1. The van der Waals surface area contributed by atoms with Gasteiger partial charge in [0.2, 0.25) is 0 Å². The molecule has 1 aromatic heterocycles. The quantitative estimate of drug-likeness (QED) is 0.876. The molecule has 0 aliphatic heterocycles. The standard InChI is InChI=1S/C12H12N2O3/c1-14-7-9(12(15)16)13-11(14)8-5-3-4-6-10(8)17-2/h3-7H,1-2H3,(H,15,16). The predicted molar refractivity (Wildman–Crippen MR) is 62.2 cm³/mol. The second kappa shape index (κ2) is 4.29. The van der Waals surface area contributed by atoms with Crippen molar-refractivity contribution in [3.05, 3.63) is 36.2 Å². The third-order valence-corrected chi connectivity index (χ3v) is 2.44. The van der Waals surface area contributed by atoms with Gasteiger partial charge in [0.25, 0.3) is 0 Å². The summed E-state index contributed by atoms with van der Waals surface area (Å²) in [5.41, 5.74) is 0.790. The molecule has 0 spiro atoms. The van der Waals surface area contributed by atoms with Crippen LogP contribution in [0.25, 0.3) is 11.4 Å². The number of carbonyl (C=O) groups is 1. The van der Waals surface area contributed by atoms with Crippen molar-refractivity contribution in [3.8, 4) is 17.1 Å². The minimum absolute atomic E-state index is 0.0217. The maximum atomic E-state index is 10.8.